The van der Waals surface area contributed by atoms with Gasteiger partial charge in [-0.1, -0.05) is 156 Å². The molecular formula is C38H78P2. The lowest BCUT2D eigenvalue weighted by Gasteiger charge is -2.41. The van der Waals surface area contributed by atoms with E-state index in [-0.39, 0.29) is 0 Å². The molecule has 0 amide bonds. The fourth-order valence-corrected chi connectivity index (χ4v) is 13.0. The maximum Gasteiger partial charge on any atom is -0.0295 e. The Labute approximate surface area is 258 Å². The van der Waals surface area contributed by atoms with Gasteiger partial charge in [-0.3, -0.25) is 0 Å². The first kappa shape index (κ1) is 38.9. The molecule has 0 heterocycles. The SMILES string of the molecule is CCCCCCCCP(CCCCCCCC)CC1CCC1CP(CCCCCCCC)CCCCCCCC. The van der Waals surface area contributed by atoms with Gasteiger partial charge in [-0.15, -0.1) is 15.8 Å². The molecule has 2 heteroatoms. The Hall–Kier alpha value is 0.860. The summed E-state index contributed by atoms with van der Waals surface area (Å²) in [6.07, 6.45) is 48.5. The third-order valence-electron chi connectivity index (χ3n) is 9.87. The fraction of sp³-hybridized carbons (Fsp3) is 1.00. The van der Waals surface area contributed by atoms with E-state index in [4.69, 9.17) is 0 Å². The molecule has 240 valence electrons. The second kappa shape index (κ2) is 29.9. The van der Waals surface area contributed by atoms with Crippen LogP contribution in [0.4, 0.5) is 0 Å². The molecule has 1 fully saturated rings. The molecule has 1 saturated carbocycles. The van der Waals surface area contributed by atoms with Crippen LogP contribution >= 0.6 is 15.8 Å². The van der Waals surface area contributed by atoms with Gasteiger partial charge in [0.15, 0.2) is 0 Å². The van der Waals surface area contributed by atoms with Crippen LogP contribution in [0.2, 0.25) is 0 Å². The van der Waals surface area contributed by atoms with Gasteiger partial charge >= 0.3 is 0 Å². The molecule has 1 aliphatic rings. The summed E-state index contributed by atoms with van der Waals surface area (Å²) in [6.45, 7) is 9.40. The monoisotopic (exact) mass is 597 g/mol. The van der Waals surface area contributed by atoms with Gasteiger partial charge in [0.2, 0.25) is 0 Å². The van der Waals surface area contributed by atoms with Crippen molar-refractivity contribution in [2.75, 3.05) is 37.0 Å². The molecule has 0 aliphatic heterocycles. The minimum absolute atomic E-state index is 0.313. The van der Waals surface area contributed by atoms with Crippen molar-refractivity contribution in [3.05, 3.63) is 0 Å². The minimum Gasteiger partial charge on any atom is -0.106 e. The Morgan fingerprint density at radius 3 is 0.775 bits per heavy atom. The minimum atomic E-state index is 0.313. The standard InChI is InChI=1S/C38H78P2/c1-5-9-13-17-21-25-31-39(32-26-22-18-14-10-6-2)35-37-29-30-38(37)36-40(33-27-23-19-15-11-7-3)34-28-24-20-16-12-8-4/h37-38H,5-36H2,1-4H3. The summed E-state index contributed by atoms with van der Waals surface area (Å²) in [5.41, 5.74) is 0. The largest absolute Gasteiger partial charge is 0.106 e. The van der Waals surface area contributed by atoms with Gasteiger partial charge in [0.25, 0.3) is 0 Å². The second-order valence-corrected chi connectivity index (χ2v) is 19.0. The van der Waals surface area contributed by atoms with Crippen LogP contribution in [0.1, 0.15) is 195 Å². The number of unbranched alkanes of at least 4 members (excludes halogenated alkanes) is 20. The summed E-state index contributed by atoms with van der Waals surface area (Å²) in [5, 5.41) is 0. The van der Waals surface area contributed by atoms with Crippen molar-refractivity contribution < 1.29 is 0 Å². The quantitative estimate of drug-likeness (QED) is 0.0535. The van der Waals surface area contributed by atoms with Crippen LogP contribution in [0.3, 0.4) is 0 Å². The molecule has 1 aliphatic carbocycles. The number of hydrogen-bond acceptors (Lipinski definition) is 0. The molecule has 40 heavy (non-hydrogen) atoms. The zero-order valence-corrected chi connectivity index (χ0v) is 30.5. The van der Waals surface area contributed by atoms with E-state index in [1.807, 2.05) is 0 Å². The van der Waals surface area contributed by atoms with Crippen LogP contribution in [0.25, 0.3) is 0 Å². The van der Waals surface area contributed by atoms with Crippen molar-refractivity contribution in [1.29, 1.82) is 0 Å². The summed E-state index contributed by atoms with van der Waals surface area (Å²) >= 11 is 0. The van der Waals surface area contributed by atoms with Crippen molar-refractivity contribution in [2.24, 2.45) is 11.8 Å². The lowest BCUT2D eigenvalue weighted by atomic mass is 9.76. The molecule has 0 spiro atoms. The predicted molar refractivity (Wildman–Crippen MR) is 193 cm³/mol. The van der Waals surface area contributed by atoms with Gasteiger partial charge in [-0.25, -0.2) is 0 Å². The highest BCUT2D eigenvalue weighted by Gasteiger charge is 2.33. The van der Waals surface area contributed by atoms with E-state index in [9.17, 15) is 0 Å². The summed E-state index contributed by atoms with van der Waals surface area (Å²) in [5.74, 6) is 2.26. The molecule has 0 radical (unpaired) electrons. The van der Waals surface area contributed by atoms with E-state index in [1.165, 1.54) is 128 Å². The average Bonchev–Trinajstić information content (AvgIpc) is 2.95. The first-order valence-electron chi connectivity index (χ1n) is 19.2. The first-order valence-corrected chi connectivity index (χ1v) is 23.0. The smallest absolute Gasteiger partial charge is 0.0295 e. The zero-order valence-electron chi connectivity index (χ0n) is 28.7. The van der Waals surface area contributed by atoms with Gasteiger partial charge in [0.05, 0.1) is 0 Å². The van der Waals surface area contributed by atoms with E-state index in [0.717, 1.165) is 11.8 Å². The molecule has 0 aromatic heterocycles. The lowest BCUT2D eigenvalue weighted by molar-refractivity contribution is 0.226. The average molecular weight is 597 g/mol. The van der Waals surface area contributed by atoms with Gasteiger partial charge in [0.1, 0.15) is 0 Å². The second-order valence-electron chi connectivity index (χ2n) is 13.8. The van der Waals surface area contributed by atoms with Crippen molar-refractivity contribution >= 4 is 15.8 Å². The lowest BCUT2D eigenvalue weighted by Crippen LogP contribution is -2.31. The number of rotatable bonds is 32. The van der Waals surface area contributed by atoms with Crippen molar-refractivity contribution in [2.45, 2.75) is 195 Å². The molecule has 0 nitrogen and oxygen atoms in total. The Morgan fingerprint density at radius 2 is 0.550 bits per heavy atom. The molecule has 2 unspecified atom stereocenters. The van der Waals surface area contributed by atoms with Crippen LogP contribution in [0, 0.1) is 11.8 Å². The fourth-order valence-electron chi connectivity index (χ4n) is 6.83. The van der Waals surface area contributed by atoms with Gasteiger partial charge in [-0.05, 0) is 87.3 Å². The Morgan fingerprint density at radius 1 is 0.325 bits per heavy atom. The third kappa shape index (κ3) is 22.4. The molecule has 0 aromatic rings. The Bertz CT molecular complexity index is 416. The molecule has 2 atom stereocenters. The predicted octanol–water partition coefficient (Wildman–Crippen LogP) is 14.4. The molecule has 0 N–H and O–H groups in total. The zero-order chi connectivity index (χ0) is 28.9. The van der Waals surface area contributed by atoms with Crippen molar-refractivity contribution in [1.82, 2.24) is 0 Å². The Balaban J connectivity index is 2.50. The summed E-state index contributed by atoms with van der Waals surface area (Å²) in [4.78, 5) is 0. The maximum absolute atomic E-state index is 2.35. The highest BCUT2D eigenvalue weighted by molar-refractivity contribution is 7.58. The normalized spacial score (nSPS) is 17.2. The van der Waals surface area contributed by atoms with Crippen LogP contribution in [-0.4, -0.2) is 37.0 Å². The molecule has 0 aromatic carbocycles. The van der Waals surface area contributed by atoms with E-state index < -0.39 is 0 Å². The topological polar surface area (TPSA) is 0 Å². The highest BCUT2D eigenvalue weighted by atomic mass is 31.1. The maximum atomic E-state index is 2.35. The summed E-state index contributed by atoms with van der Waals surface area (Å²) in [6, 6.07) is 0. The molecular weight excluding hydrogens is 518 g/mol. The van der Waals surface area contributed by atoms with Crippen LogP contribution < -0.4 is 0 Å². The molecule has 0 bridgehead atoms. The van der Waals surface area contributed by atoms with E-state index >= 15 is 0 Å². The van der Waals surface area contributed by atoms with Crippen molar-refractivity contribution in [3.63, 3.8) is 0 Å². The molecule has 0 saturated heterocycles. The highest BCUT2D eigenvalue weighted by Crippen LogP contribution is 2.52. The third-order valence-corrected chi connectivity index (χ3v) is 15.6. The first-order chi connectivity index (χ1) is 19.7. The molecule has 1 rings (SSSR count). The van der Waals surface area contributed by atoms with Crippen LogP contribution in [-0.2, 0) is 0 Å². The van der Waals surface area contributed by atoms with Crippen LogP contribution in [0.15, 0.2) is 0 Å². The van der Waals surface area contributed by atoms with Gasteiger partial charge < -0.3 is 0 Å². The summed E-state index contributed by atoms with van der Waals surface area (Å²) < 4.78 is 0. The van der Waals surface area contributed by atoms with E-state index in [1.54, 1.807) is 75.5 Å². The van der Waals surface area contributed by atoms with Gasteiger partial charge in [0, 0.05) is 0 Å². The summed E-state index contributed by atoms with van der Waals surface area (Å²) in [7, 11) is 0.625. The Kier molecular flexibility index (Phi) is 29.1. The van der Waals surface area contributed by atoms with Gasteiger partial charge in [-0.2, -0.15) is 0 Å². The van der Waals surface area contributed by atoms with E-state index in [0.29, 0.717) is 15.8 Å². The van der Waals surface area contributed by atoms with Crippen molar-refractivity contribution in [3.8, 4) is 0 Å². The van der Waals surface area contributed by atoms with Crippen LogP contribution in [0.5, 0.6) is 0 Å². The number of hydrogen-bond donors (Lipinski definition) is 0. The van der Waals surface area contributed by atoms with E-state index in [2.05, 4.69) is 27.7 Å².